The van der Waals surface area contributed by atoms with E-state index in [9.17, 15) is 79.8 Å². The van der Waals surface area contributed by atoms with Gasteiger partial charge < -0.3 is 0 Å². The minimum absolute atomic E-state index is 0. The van der Waals surface area contributed by atoms with Crippen molar-refractivity contribution in [1.29, 1.82) is 0 Å². The van der Waals surface area contributed by atoms with Crippen LogP contribution in [0.15, 0.2) is 0 Å². The van der Waals surface area contributed by atoms with E-state index in [0.717, 1.165) is 0 Å². The average Bonchev–Trinajstić information content (AvgIpc) is 2.42. The third-order valence-electron chi connectivity index (χ3n) is 2.64. The first kappa shape index (κ1) is 29.2. The van der Waals surface area contributed by atoms with Gasteiger partial charge in [-0.3, -0.25) is 9.59 Å². The molecule has 0 aromatic rings. The van der Waals surface area contributed by atoms with Crippen LogP contribution in [0.4, 0.5) is 70.2 Å². The molecule has 2 nitrogen and oxygen atoms in total. The zero-order valence-corrected chi connectivity index (χ0v) is 13.1. The summed E-state index contributed by atoms with van der Waals surface area (Å²) >= 11 is 0. The van der Waals surface area contributed by atoms with E-state index in [-0.39, 0.29) is 22.4 Å². The molecule has 0 fully saturated rings. The molecule has 0 rings (SSSR count). The topological polar surface area (TPSA) is 34.1 Å². The molecule has 28 heavy (non-hydrogen) atoms. The summed E-state index contributed by atoms with van der Waals surface area (Å²) in [6, 6.07) is 0. The number of Topliss-reactive ketones (excluding diaryl/α,β-unsaturated/α-hetero) is 2. The molecule has 0 aromatic carbocycles. The van der Waals surface area contributed by atoms with Crippen molar-refractivity contribution in [2.75, 3.05) is 0 Å². The van der Waals surface area contributed by atoms with Gasteiger partial charge in [0.15, 0.2) is 0 Å². The summed E-state index contributed by atoms with van der Waals surface area (Å²) in [5.74, 6) is -48.9. The summed E-state index contributed by atoms with van der Waals surface area (Å²) in [6.45, 7) is 0. The Kier molecular flexibility index (Phi) is 7.64. The number of rotatable bonds is 6. The molecule has 170 valence electrons. The molecule has 0 saturated heterocycles. The van der Waals surface area contributed by atoms with Gasteiger partial charge in [-0.05, 0) is 0 Å². The van der Waals surface area contributed by atoms with Crippen molar-refractivity contribution in [3.8, 4) is 0 Å². The second-order valence-corrected chi connectivity index (χ2v) is 4.53. The van der Waals surface area contributed by atoms with E-state index >= 15 is 0 Å². The molecule has 0 bridgehead atoms. The number of alkyl halides is 16. The van der Waals surface area contributed by atoms with Gasteiger partial charge in [0.25, 0.3) is 11.6 Å². The molecule has 0 aliphatic heterocycles. The molecule has 0 heterocycles. The maximum Gasteiger partial charge on any atom is 1.00 e. The van der Waals surface area contributed by atoms with E-state index in [1.165, 1.54) is 0 Å². The zero-order valence-electron chi connectivity index (χ0n) is 11.7. The van der Waals surface area contributed by atoms with Gasteiger partial charge in [0, 0.05) is 0 Å². The van der Waals surface area contributed by atoms with Crippen molar-refractivity contribution in [2.24, 2.45) is 0 Å². The number of hydrogen-bond donors (Lipinski definition) is 0. The zero-order chi connectivity index (χ0) is 22.7. The maximum absolute atomic E-state index is 13.0. The number of ketones is 2. The molecule has 0 N–H and O–H groups in total. The van der Waals surface area contributed by atoms with Crippen LogP contribution in [-0.2, 0) is 32.0 Å². The average molecular weight is 552 g/mol. The summed E-state index contributed by atoms with van der Waals surface area (Å²) in [4.78, 5) is 21.0. The third kappa shape index (κ3) is 4.12. The largest absolute Gasteiger partial charge is 1.00 e. The normalized spacial score (nSPS) is 15.1. The fraction of sp³-hybridized carbons (Fsp3) is 0.778. The predicted molar refractivity (Wildman–Crippen MR) is 46.9 cm³/mol. The van der Waals surface area contributed by atoms with Crippen LogP contribution in [0, 0.1) is 0 Å². The van der Waals surface area contributed by atoms with E-state index in [2.05, 4.69) is 0 Å². The molecule has 0 radical (unpaired) electrons. The number of carbonyl (C=O) groups is 2. The first-order valence-electron chi connectivity index (χ1n) is 5.43. The molecule has 0 aliphatic carbocycles. The SMILES string of the molecule is O=C(C(F)(F)C(=O)C(F)(F)C(F)(F)C(F)(F)F)C(F)(F)C(F)(F)C(F)(F)F.[Ag+]. The van der Waals surface area contributed by atoms with Gasteiger partial charge in [-0.1, -0.05) is 0 Å². The summed E-state index contributed by atoms with van der Waals surface area (Å²) in [6.07, 6.45) is -15.0. The molecular weight excluding hydrogens is 552 g/mol. The summed E-state index contributed by atoms with van der Waals surface area (Å²) in [7, 11) is 0. The fourth-order valence-electron chi connectivity index (χ4n) is 1.14. The molecule has 19 heteroatoms. The van der Waals surface area contributed by atoms with Gasteiger partial charge in [-0.2, -0.15) is 70.2 Å². The molecule has 0 saturated carbocycles. The molecular formula is C9AgF16O2+. The summed E-state index contributed by atoms with van der Waals surface area (Å²) in [5.41, 5.74) is 0. The molecule has 0 aliphatic rings. The first-order valence-corrected chi connectivity index (χ1v) is 5.43. The van der Waals surface area contributed by atoms with Crippen LogP contribution in [0.2, 0.25) is 0 Å². The first-order chi connectivity index (χ1) is 11.3. The van der Waals surface area contributed by atoms with Crippen molar-refractivity contribution in [1.82, 2.24) is 0 Å². The Morgan fingerprint density at radius 2 is 0.607 bits per heavy atom. The maximum atomic E-state index is 13.0. The van der Waals surface area contributed by atoms with Gasteiger partial charge in [-0.15, -0.1) is 0 Å². The van der Waals surface area contributed by atoms with Crippen LogP contribution in [0.25, 0.3) is 0 Å². The second kappa shape index (κ2) is 7.33. The molecule has 0 aromatic heterocycles. The third-order valence-corrected chi connectivity index (χ3v) is 2.64. The monoisotopic (exact) mass is 551 g/mol. The Balaban J connectivity index is 0. The van der Waals surface area contributed by atoms with Gasteiger partial charge >= 0.3 is 64.3 Å². The van der Waals surface area contributed by atoms with E-state index in [4.69, 9.17) is 0 Å². The van der Waals surface area contributed by atoms with Crippen molar-refractivity contribution in [2.45, 2.75) is 42.0 Å². The van der Waals surface area contributed by atoms with Gasteiger partial charge in [0.05, 0.1) is 0 Å². The van der Waals surface area contributed by atoms with Gasteiger partial charge in [0.1, 0.15) is 0 Å². The van der Waals surface area contributed by atoms with E-state index in [1.807, 2.05) is 0 Å². The van der Waals surface area contributed by atoms with Crippen molar-refractivity contribution < 1.29 is 102 Å². The van der Waals surface area contributed by atoms with Crippen LogP contribution in [0.3, 0.4) is 0 Å². The Hall–Kier alpha value is -1.04. The van der Waals surface area contributed by atoms with E-state index < -0.39 is 53.5 Å². The summed E-state index contributed by atoms with van der Waals surface area (Å²) in [5, 5.41) is 0. The fourth-order valence-corrected chi connectivity index (χ4v) is 1.14. The minimum atomic E-state index is -7.73. The Morgan fingerprint density at radius 3 is 0.750 bits per heavy atom. The smallest absolute Gasteiger partial charge is 0.285 e. The van der Waals surface area contributed by atoms with Crippen molar-refractivity contribution in [3.05, 3.63) is 0 Å². The van der Waals surface area contributed by atoms with Crippen LogP contribution in [0.5, 0.6) is 0 Å². The van der Waals surface area contributed by atoms with Crippen LogP contribution in [-0.4, -0.2) is 53.5 Å². The quantitative estimate of drug-likeness (QED) is 0.278. The van der Waals surface area contributed by atoms with Crippen LogP contribution >= 0.6 is 0 Å². The molecule has 0 unspecified atom stereocenters. The second-order valence-electron chi connectivity index (χ2n) is 4.53. The molecule has 0 atom stereocenters. The Bertz CT molecular complexity index is 563. The Morgan fingerprint density at radius 1 is 0.429 bits per heavy atom. The van der Waals surface area contributed by atoms with Crippen molar-refractivity contribution in [3.63, 3.8) is 0 Å². The predicted octanol–water partition coefficient (Wildman–Crippen LogP) is 4.42. The number of carbonyl (C=O) groups excluding carboxylic acids is 2. The van der Waals surface area contributed by atoms with Gasteiger partial charge in [0.2, 0.25) is 0 Å². The summed E-state index contributed by atoms with van der Waals surface area (Å²) < 4.78 is 197. The number of halogens is 16. The number of hydrogen-bond acceptors (Lipinski definition) is 2. The van der Waals surface area contributed by atoms with Crippen molar-refractivity contribution >= 4 is 11.6 Å². The standard InChI is InChI=1S/C9F16O2.Ag/c10-3(11,1(26)4(12,13)6(16,17)8(20,21)22)2(27)5(14,15)7(18,19)9(23,24)25;/q;+1. The van der Waals surface area contributed by atoms with E-state index in [1.54, 1.807) is 0 Å². The van der Waals surface area contributed by atoms with Gasteiger partial charge in [-0.25, -0.2) is 0 Å². The van der Waals surface area contributed by atoms with Crippen LogP contribution < -0.4 is 0 Å². The van der Waals surface area contributed by atoms with E-state index in [0.29, 0.717) is 0 Å². The van der Waals surface area contributed by atoms with Crippen LogP contribution in [0.1, 0.15) is 0 Å². The molecule has 0 spiro atoms. The minimum Gasteiger partial charge on any atom is -0.285 e. The molecule has 0 amide bonds. The Labute approximate surface area is 156 Å².